The van der Waals surface area contributed by atoms with E-state index in [2.05, 4.69) is 0 Å². The fourth-order valence-electron chi connectivity index (χ4n) is 1.89. The van der Waals surface area contributed by atoms with Crippen LogP contribution >= 0.6 is 0 Å². The smallest absolute Gasteiger partial charge is 0.417 e. The van der Waals surface area contributed by atoms with Crippen LogP contribution in [0.3, 0.4) is 0 Å². The molecule has 1 aliphatic rings. The summed E-state index contributed by atoms with van der Waals surface area (Å²) in [4.78, 5) is 25.2. The van der Waals surface area contributed by atoms with Crippen LogP contribution in [-0.4, -0.2) is 29.6 Å². The average molecular weight is 263 g/mol. The molecule has 0 aliphatic carbocycles. The number of nitrogens with zero attached hydrogens (tertiary/aromatic N) is 1. The number of benzene rings is 1. The lowest BCUT2D eigenvalue weighted by Crippen LogP contribution is -2.36. The summed E-state index contributed by atoms with van der Waals surface area (Å²) in [6.45, 7) is 5.52. The molecule has 2 amide bonds. The molecule has 1 aromatic carbocycles. The molecule has 0 aromatic heterocycles. The van der Waals surface area contributed by atoms with Gasteiger partial charge in [0.1, 0.15) is 11.4 Å². The van der Waals surface area contributed by atoms with Crippen LogP contribution in [0.1, 0.15) is 36.7 Å². The maximum absolute atomic E-state index is 12.1. The van der Waals surface area contributed by atoms with E-state index in [0.29, 0.717) is 11.3 Å². The lowest BCUT2D eigenvalue weighted by atomic mass is 10.1. The molecule has 1 aliphatic heterocycles. The van der Waals surface area contributed by atoms with Crippen LogP contribution in [0.5, 0.6) is 5.75 Å². The number of amides is 2. The Labute approximate surface area is 112 Å². The van der Waals surface area contributed by atoms with Crippen molar-refractivity contribution in [2.45, 2.75) is 32.9 Å². The normalized spacial score (nSPS) is 14.3. The van der Waals surface area contributed by atoms with Crippen LogP contribution in [0.15, 0.2) is 18.2 Å². The number of carbonyl (C=O) groups is 2. The van der Waals surface area contributed by atoms with Crippen molar-refractivity contribution in [1.82, 2.24) is 4.90 Å². The number of carbonyl (C=O) groups excluding carboxylic acids is 2. The highest BCUT2D eigenvalue weighted by Gasteiger charge is 2.35. The average Bonchev–Trinajstić information content (AvgIpc) is 2.64. The van der Waals surface area contributed by atoms with E-state index in [1.807, 2.05) is 0 Å². The minimum absolute atomic E-state index is 0.223. The molecular weight excluding hydrogens is 246 g/mol. The summed E-state index contributed by atoms with van der Waals surface area (Å²) < 4.78 is 10.3. The molecule has 5 heteroatoms. The minimum Gasteiger partial charge on any atom is -0.497 e. The van der Waals surface area contributed by atoms with Gasteiger partial charge in [-0.3, -0.25) is 4.79 Å². The molecule has 0 saturated heterocycles. The number of hydrogen-bond donors (Lipinski definition) is 0. The van der Waals surface area contributed by atoms with E-state index in [4.69, 9.17) is 9.47 Å². The molecule has 0 radical (unpaired) electrons. The molecule has 0 atom stereocenters. The molecule has 0 unspecified atom stereocenters. The predicted octanol–water partition coefficient (Wildman–Crippen LogP) is 2.59. The number of imide groups is 1. The number of fused-ring (bicyclic) bond motifs is 1. The summed E-state index contributed by atoms with van der Waals surface area (Å²) in [6.07, 6.45) is -0.618. The Morgan fingerprint density at radius 1 is 1.32 bits per heavy atom. The van der Waals surface area contributed by atoms with Crippen molar-refractivity contribution < 1.29 is 19.1 Å². The second-order valence-corrected chi connectivity index (χ2v) is 5.39. The molecule has 5 nitrogen and oxygen atoms in total. The van der Waals surface area contributed by atoms with Gasteiger partial charge in [0, 0.05) is 5.56 Å². The van der Waals surface area contributed by atoms with E-state index in [1.54, 1.807) is 46.1 Å². The lowest BCUT2D eigenvalue weighted by molar-refractivity contribution is 0.0248. The van der Waals surface area contributed by atoms with Crippen LogP contribution in [0, 0.1) is 0 Å². The first-order valence-electron chi connectivity index (χ1n) is 6.03. The van der Waals surface area contributed by atoms with E-state index in [0.717, 1.165) is 10.5 Å². The maximum Gasteiger partial charge on any atom is 0.417 e. The van der Waals surface area contributed by atoms with Gasteiger partial charge in [-0.15, -0.1) is 0 Å². The molecular formula is C14H17NO4. The SMILES string of the molecule is COc1ccc2c(c1)CN(C(=O)OC(C)(C)C)C2=O. The zero-order valence-corrected chi connectivity index (χ0v) is 11.5. The van der Waals surface area contributed by atoms with Crippen LogP contribution in [0.4, 0.5) is 4.79 Å². The summed E-state index contributed by atoms with van der Waals surface area (Å²) in [5.74, 6) is 0.337. The van der Waals surface area contributed by atoms with Gasteiger partial charge in [0.25, 0.3) is 5.91 Å². The number of methoxy groups -OCH3 is 1. The monoisotopic (exact) mass is 263 g/mol. The van der Waals surface area contributed by atoms with Crippen LogP contribution in [0.2, 0.25) is 0 Å². The van der Waals surface area contributed by atoms with Gasteiger partial charge in [0.2, 0.25) is 0 Å². The van der Waals surface area contributed by atoms with Crippen molar-refractivity contribution >= 4 is 12.0 Å². The first kappa shape index (κ1) is 13.4. The number of ether oxygens (including phenoxy) is 2. The second kappa shape index (κ2) is 4.57. The molecule has 1 aromatic rings. The molecule has 19 heavy (non-hydrogen) atoms. The lowest BCUT2D eigenvalue weighted by Gasteiger charge is -2.23. The molecule has 0 fully saturated rings. The number of hydrogen-bond acceptors (Lipinski definition) is 4. The van der Waals surface area contributed by atoms with Gasteiger partial charge in [-0.1, -0.05) is 0 Å². The molecule has 102 valence electrons. The standard InChI is InChI=1S/C14H17NO4/c1-14(2,3)19-13(17)15-8-9-7-10(18-4)5-6-11(9)12(15)16/h5-7H,8H2,1-4H3. The van der Waals surface area contributed by atoms with Crippen molar-refractivity contribution in [3.8, 4) is 5.75 Å². The summed E-state index contributed by atoms with van der Waals surface area (Å²) in [5, 5.41) is 0. The van der Waals surface area contributed by atoms with E-state index in [9.17, 15) is 9.59 Å². The first-order chi connectivity index (χ1) is 8.81. The Hall–Kier alpha value is -2.04. The second-order valence-electron chi connectivity index (χ2n) is 5.39. The largest absolute Gasteiger partial charge is 0.497 e. The Bertz CT molecular complexity index is 531. The van der Waals surface area contributed by atoms with Crippen molar-refractivity contribution in [2.24, 2.45) is 0 Å². The van der Waals surface area contributed by atoms with Gasteiger partial charge in [-0.05, 0) is 44.5 Å². The maximum atomic E-state index is 12.1. The molecule has 0 saturated carbocycles. The minimum atomic E-state index is -0.621. The van der Waals surface area contributed by atoms with Gasteiger partial charge < -0.3 is 9.47 Å². The zero-order valence-electron chi connectivity index (χ0n) is 11.5. The van der Waals surface area contributed by atoms with E-state index in [1.165, 1.54) is 0 Å². The Kier molecular flexibility index (Phi) is 3.22. The van der Waals surface area contributed by atoms with E-state index >= 15 is 0 Å². The first-order valence-corrected chi connectivity index (χ1v) is 6.03. The topological polar surface area (TPSA) is 55.8 Å². The number of rotatable bonds is 1. The van der Waals surface area contributed by atoms with Crippen molar-refractivity contribution in [3.63, 3.8) is 0 Å². The molecule has 0 bridgehead atoms. The molecule has 0 N–H and O–H groups in total. The Balaban J connectivity index is 2.21. The molecule has 2 rings (SSSR count). The highest BCUT2D eigenvalue weighted by molar-refractivity contribution is 6.06. The van der Waals surface area contributed by atoms with Crippen LogP contribution in [-0.2, 0) is 11.3 Å². The third kappa shape index (κ3) is 2.70. The Morgan fingerprint density at radius 3 is 2.58 bits per heavy atom. The summed E-state index contributed by atoms with van der Waals surface area (Å²) >= 11 is 0. The summed E-state index contributed by atoms with van der Waals surface area (Å²) in [6, 6.07) is 5.13. The van der Waals surface area contributed by atoms with Gasteiger partial charge in [-0.25, -0.2) is 9.69 Å². The third-order valence-corrected chi connectivity index (χ3v) is 2.73. The Morgan fingerprint density at radius 2 is 2.00 bits per heavy atom. The van der Waals surface area contributed by atoms with Crippen LogP contribution in [0.25, 0.3) is 0 Å². The summed E-state index contributed by atoms with van der Waals surface area (Å²) in [7, 11) is 1.56. The van der Waals surface area contributed by atoms with Crippen molar-refractivity contribution in [2.75, 3.05) is 7.11 Å². The van der Waals surface area contributed by atoms with Gasteiger partial charge in [-0.2, -0.15) is 0 Å². The van der Waals surface area contributed by atoms with Gasteiger partial charge >= 0.3 is 6.09 Å². The fraction of sp³-hybridized carbons (Fsp3) is 0.429. The highest BCUT2D eigenvalue weighted by atomic mass is 16.6. The van der Waals surface area contributed by atoms with Gasteiger partial charge in [0.15, 0.2) is 0 Å². The quantitative estimate of drug-likeness (QED) is 0.781. The highest BCUT2D eigenvalue weighted by Crippen LogP contribution is 2.27. The van der Waals surface area contributed by atoms with Crippen LogP contribution < -0.4 is 4.74 Å². The third-order valence-electron chi connectivity index (χ3n) is 2.73. The summed E-state index contributed by atoms with van der Waals surface area (Å²) in [5.41, 5.74) is 0.672. The fourth-order valence-corrected chi connectivity index (χ4v) is 1.89. The zero-order chi connectivity index (χ0) is 14.2. The van der Waals surface area contributed by atoms with Crippen molar-refractivity contribution in [1.29, 1.82) is 0 Å². The molecule has 0 spiro atoms. The predicted molar refractivity (Wildman–Crippen MR) is 69.1 cm³/mol. The molecule has 1 heterocycles. The van der Waals surface area contributed by atoms with E-state index < -0.39 is 11.7 Å². The van der Waals surface area contributed by atoms with E-state index in [-0.39, 0.29) is 12.5 Å². The van der Waals surface area contributed by atoms with Gasteiger partial charge in [0.05, 0.1) is 13.7 Å². The van der Waals surface area contributed by atoms with Crippen molar-refractivity contribution in [3.05, 3.63) is 29.3 Å².